The van der Waals surface area contributed by atoms with Crippen molar-refractivity contribution in [1.82, 2.24) is 19.9 Å². The highest BCUT2D eigenvalue weighted by Gasteiger charge is 2.24. The van der Waals surface area contributed by atoms with Crippen molar-refractivity contribution in [2.24, 2.45) is 0 Å². The molecule has 1 aromatic carbocycles. The molecule has 132 valence electrons. The Morgan fingerprint density at radius 1 is 1.12 bits per heavy atom. The van der Waals surface area contributed by atoms with Gasteiger partial charge in [0.05, 0.1) is 5.52 Å². The predicted molar refractivity (Wildman–Crippen MR) is 101 cm³/mol. The Morgan fingerprint density at radius 3 is 2.65 bits per heavy atom. The highest BCUT2D eigenvalue weighted by Crippen LogP contribution is 2.23. The zero-order valence-corrected chi connectivity index (χ0v) is 14.7. The molecule has 0 bridgehead atoms. The maximum Gasteiger partial charge on any atom is 0.253 e. The number of hydrogen-bond acceptors (Lipinski definition) is 5. The van der Waals surface area contributed by atoms with Gasteiger partial charge in [-0.3, -0.25) is 9.78 Å². The number of likely N-dealkylation sites (tertiary alicyclic amines) is 1. The van der Waals surface area contributed by atoms with Crippen LogP contribution in [0.5, 0.6) is 0 Å². The van der Waals surface area contributed by atoms with E-state index in [1.54, 1.807) is 30.9 Å². The smallest absolute Gasteiger partial charge is 0.253 e. The Morgan fingerprint density at radius 2 is 1.88 bits per heavy atom. The van der Waals surface area contributed by atoms with Crippen LogP contribution in [0, 0.1) is 6.92 Å². The highest BCUT2D eigenvalue weighted by molar-refractivity contribution is 5.94. The second-order valence-electron chi connectivity index (χ2n) is 6.69. The maximum atomic E-state index is 12.5. The summed E-state index contributed by atoms with van der Waals surface area (Å²) >= 11 is 0. The standard InChI is InChI=1S/C20H21N5O/c1-14-2-3-18-17(12-14)19(23-13-22-18)24-16-6-10-25(11-7-16)20(26)15-4-8-21-9-5-15/h2-5,8-9,12-13,16H,6-7,10-11H2,1H3,(H,22,23,24). The second-order valence-corrected chi connectivity index (χ2v) is 6.69. The number of fused-ring (bicyclic) bond motifs is 1. The number of hydrogen-bond donors (Lipinski definition) is 1. The lowest BCUT2D eigenvalue weighted by Gasteiger charge is -2.32. The van der Waals surface area contributed by atoms with Gasteiger partial charge < -0.3 is 10.2 Å². The van der Waals surface area contributed by atoms with Crippen molar-refractivity contribution in [2.45, 2.75) is 25.8 Å². The summed E-state index contributed by atoms with van der Waals surface area (Å²) in [6.07, 6.45) is 6.71. The van der Waals surface area contributed by atoms with Crippen molar-refractivity contribution in [3.8, 4) is 0 Å². The van der Waals surface area contributed by atoms with Crippen LogP contribution >= 0.6 is 0 Å². The van der Waals surface area contributed by atoms with Gasteiger partial charge in [-0.25, -0.2) is 9.97 Å². The normalized spacial score (nSPS) is 15.2. The number of rotatable bonds is 3. The molecule has 3 heterocycles. The van der Waals surface area contributed by atoms with Crippen LogP contribution in [0.4, 0.5) is 5.82 Å². The monoisotopic (exact) mass is 347 g/mol. The van der Waals surface area contributed by atoms with Crippen LogP contribution in [0.25, 0.3) is 10.9 Å². The average Bonchev–Trinajstić information content (AvgIpc) is 2.69. The maximum absolute atomic E-state index is 12.5. The molecule has 26 heavy (non-hydrogen) atoms. The quantitative estimate of drug-likeness (QED) is 0.788. The van der Waals surface area contributed by atoms with Gasteiger partial charge in [-0.05, 0) is 44.0 Å². The minimum Gasteiger partial charge on any atom is -0.367 e. The summed E-state index contributed by atoms with van der Waals surface area (Å²) in [6.45, 7) is 3.54. The van der Waals surface area contributed by atoms with Crippen LogP contribution in [0.3, 0.4) is 0 Å². The van der Waals surface area contributed by atoms with E-state index >= 15 is 0 Å². The van der Waals surface area contributed by atoms with Gasteiger partial charge in [-0.1, -0.05) is 11.6 Å². The molecular formula is C20H21N5O. The largest absolute Gasteiger partial charge is 0.367 e. The topological polar surface area (TPSA) is 71.0 Å². The summed E-state index contributed by atoms with van der Waals surface area (Å²) in [5, 5.41) is 4.60. The number of benzene rings is 1. The zero-order chi connectivity index (χ0) is 17.9. The lowest BCUT2D eigenvalue weighted by Crippen LogP contribution is -2.42. The van der Waals surface area contributed by atoms with Crippen LogP contribution in [-0.4, -0.2) is 44.9 Å². The van der Waals surface area contributed by atoms with Gasteiger partial charge in [0.2, 0.25) is 0 Å². The van der Waals surface area contributed by atoms with Gasteiger partial charge in [0.15, 0.2) is 0 Å². The van der Waals surface area contributed by atoms with E-state index in [0.717, 1.165) is 42.7 Å². The van der Waals surface area contributed by atoms with Crippen LogP contribution in [-0.2, 0) is 0 Å². The summed E-state index contributed by atoms with van der Waals surface area (Å²) in [7, 11) is 0. The number of nitrogens with zero attached hydrogens (tertiary/aromatic N) is 4. The lowest BCUT2D eigenvalue weighted by atomic mass is 10.0. The van der Waals surface area contributed by atoms with E-state index in [4.69, 9.17) is 0 Å². The fourth-order valence-corrected chi connectivity index (χ4v) is 3.38. The van der Waals surface area contributed by atoms with E-state index in [-0.39, 0.29) is 5.91 Å². The molecule has 0 atom stereocenters. The van der Waals surface area contributed by atoms with E-state index in [0.29, 0.717) is 11.6 Å². The minimum atomic E-state index is 0.0777. The first kappa shape index (κ1) is 16.4. The number of aromatic nitrogens is 3. The first-order valence-corrected chi connectivity index (χ1v) is 8.88. The minimum absolute atomic E-state index is 0.0777. The number of piperidine rings is 1. The summed E-state index contributed by atoms with van der Waals surface area (Å²) in [5.74, 6) is 0.951. The summed E-state index contributed by atoms with van der Waals surface area (Å²) in [4.78, 5) is 27.2. The van der Waals surface area contributed by atoms with E-state index in [2.05, 4.69) is 39.3 Å². The third-order valence-electron chi connectivity index (χ3n) is 4.84. The predicted octanol–water partition coefficient (Wildman–Crippen LogP) is 3.05. The molecule has 0 aliphatic carbocycles. The number of aryl methyl sites for hydroxylation is 1. The van der Waals surface area contributed by atoms with Crippen molar-refractivity contribution < 1.29 is 4.79 Å². The molecule has 0 spiro atoms. The number of carbonyl (C=O) groups excluding carboxylic acids is 1. The van der Waals surface area contributed by atoms with E-state index in [1.165, 1.54) is 5.56 Å². The van der Waals surface area contributed by atoms with Crippen molar-refractivity contribution in [3.05, 3.63) is 60.2 Å². The number of anilines is 1. The summed E-state index contributed by atoms with van der Waals surface area (Å²) < 4.78 is 0. The van der Waals surface area contributed by atoms with Crippen molar-refractivity contribution in [2.75, 3.05) is 18.4 Å². The zero-order valence-electron chi connectivity index (χ0n) is 14.7. The number of carbonyl (C=O) groups is 1. The molecule has 0 saturated carbocycles. The van der Waals surface area contributed by atoms with Crippen molar-refractivity contribution in [1.29, 1.82) is 0 Å². The Balaban J connectivity index is 1.43. The third kappa shape index (κ3) is 3.35. The molecule has 2 aromatic heterocycles. The van der Waals surface area contributed by atoms with Crippen LogP contribution in [0.1, 0.15) is 28.8 Å². The molecule has 1 aliphatic heterocycles. The molecule has 1 aliphatic rings. The van der Waals surface area contributed by atoms with Gasteiger partial charge in [-0.15, -0.1) is 0 Å². The first-order valence-electron chi connectivity index (χ1n) is 8.88. The summed E-state index contributed by atoms with van der Waals surface area (Å²) in [6, 6.07) is 10.0. The molecule has 0 unspecified atom stereocenters. The van der Waals surface area contributed by atoms with E-state index < -0.39 is 0 Å². The van der Waals surface area contributed by atoms with Crippen molar-refractivity contribution >= 4 is 22.6 Å². The molecule has 0 radical (unpaired) electrons. The molecular weight excluding hydrogens is 326 g/mol. The van der Waals surface area contributed by atoms with Crippen molar-refractivity contribution in [3.63, 3.8) is 0 Å². The lowest BCUT2D eigenvalue weighted by molar-refractivity contribution is 0.0718. The van der Waals surface area contributed by atoms with E-state index in [9.17, 15) is 4.79 Å². The van der Waals surface area contributed by atoms with Gasteiger partial charge >= 0.3 is 0 Å². The summed E-state index contributed by atoms with van der Waals surface area (Å²) in [5.41, 5.74) is 2.83. The molecule has 6 nitrogen and oxygen atoms in total. The molecule has 1 amide bonds. The van der Waals surface area contributed by atoms with E-state index in [1.807, 2.05) is 11.0 Å². The first-order chi connectivity index (χ1) is 12.7. The fourth-order valence-electron chi connectivity index (χ4n) is 3.38. The van der Waals surface area contributed by atoms with Gasteiger partial charge in [-0.2, -0.15) is 0 Å². The van der Waals surface area contributed by atoms with Gasteiger partial charge in [0.25, 0.3) is 5.91 Å². The Kier molecular flexibility index (Phi) is 4.48. The van der Waals surface area contributed by atoms with Gasteiger partial charge in [0, 0.05) is 42.5 Å². The Hall–Kier alpha value is -3.02. The second kappa shape index (κ2) is 7.07. The molecule has 6 heteroatoms. The highest BCUT2D eigenvalue weighted by atomic mass is 16.2. The third-order valence-corrected chi connectivity index (χ3v) is 4.84. The molecule has 1 saturated heterocycles. The van der Waals surface area contributed by atoms with Gasteiger partial charge in [0.1, 0.15) is 12.1 Å². The average molecular weight is 347 g/mol. The SMILES string of the molecule is Cc1ccc2ncnc(NC3CCN(C(=O)c4ccncc4)CC3)c2c1. The number of pyridine rings is 1. The molecule has 1 N–H and O–H groups in total. The fraction of sp³-hybridized carbons (Fsp3) is 0.300. The molecule has 3 aromatic rings. The Bertz CT molecular complexity index is 920. The van der Waals surface area contributed by atoms with Crippen LogP contribution < -0.4 is 5.32 Å². The number of nitrogens with one attached hydrogen (secondary N) is 1. The number of amides is 1. The van der Waals surface area contributed by atoms with Crippen LogP contribution in [0.2, 0.25) is 0 Å². The molecule has 4 rings (SSSR count). The molecule has 1 fully saturated rings. The van der Waals surface area contributed by atoms with Crippen LogP contribution in [0.15, 0.2) is 49.1 Å². The Labute approximate surface area is 152 Å².